The van der Waals surface area contributed by atoms with Crippen LogP contribution in [0, 0.1) is 0 Å². The van der Waals surface area contributed by atoms with E-state index < -0.39 is 0 Å². The first kappa shape index (κ1) is 14.1. The lowest BCUT2D eigenvalue weighted by Gasteiger charge is -2.17. The van der Waals surface area contributed by atoms with Crippen molar-refractivity contribution in [1.82, 2.24) is 9.97 Å². The van der Waals surface area contributed by atoms with Crippen LogP contribution in [0.15, 0.2) is 6.07 Å². The highest BCUT2D eigenvalue weighted by atomic mass is 32.2. The molecular formula is C12H22N4S. The maximum Gasteiger partial charge on any atom is 0.133 e. The summed E-state index contributed by atoms with van der Waals surface area (Å²) in [6.45, 7) is 4.29. The van der Waals surface area contributed by atoms with E-state index in [0.29, 0.717) is 11.9 Å². The molecule has 1 unspecified atom stereocenters. The minimum atomic E-state index is 0.439. The van der Waals surface area contributed by atoms with E-state index >= 15 is 0 Å². The molecule has 1 aromatic heterocycles. The molecule has 0 aliphatic rings. The van der Waals surface area contributed by atoms with Crippen LogP contribution >= 0.6 is 11.8 Å². The van der Waals surface area contributed by atoms with E-state index in [2.05, 4.69) is 35.4 Å². The van der Waals surface area contributed by atoms with Gasteiger partial charge in [0.15, 0.2) is 0 Å². The van der Waals surface area contributed by atoms with Crippen molar-refractivity contribution in [2.45, 2.75) is 39.2 Å². The molecule has 0 amide bonds. The fourth-order valence-electron chi connectivity index (χ4n) is 1.60. The normalized spacial score (nSPS) is 12.4. The Balaban J connectivity index is 2.75. The minimum absolute atomic E-state index is 0.439. The van der Waals surface area contributed by atoms with E-state index in [1.807, 2.05) is 17.8 Å². The molecule has 0 saturated heterocycles. The molecule has 96 valence electrons. The minimum Gasteiger partial charge on any atom is -0.384 e. The van der Waals surface area contributed by atoms with Gasteiger partial charge in [-0.25, -0.2) is 9.97 Å². The van der Waals surface area contributed by atoms with Crippen LogP contribution in [0.5, 0.6) is 0 Å². The van der Waals surface area contributed by atoms with Gasteiger partial charge in [-0.3, -0.25) is 0 Å². The highest BCUT2D eigenvalue weighted by molar-refractivity contribution is 7.98. The molecule has 1 rings (SSSR count). The summed E-state index contributed by atoms with van der Waals surface area (Å²) in [5, 5.41) is 3.42. The van der Waals surface area contributed by atoms with E-state index in [1.165, 1.54) is 0 Å². The molecule has 4 nitrogen and oxygen atoms in total. The lowest BCUT2D eigenvalue weighted by atomic mass is 10.2. The van der Waals surface area contributed by atoms with Crippen LogP contribution in [0.25, 0.3) is 0 Å². The average Bonchev–Trinajstić information content (AvgIpc) is 2.28. The SMILES string of the molecule is CCCc1nc(N)cc(NC(CC)CSC)n1. The number of hydrogen-bond donors (Lipinski definition) is 2. The molecule has 0 spiro atoms. The third kappa shape index (κ3) is 4.81. The summed E-state index contributed by atoms with van der Waals surface area (Å²) < 4.78 is 0. The predicted molar refractivity (Wildman–Crippen MR) is 76.5 cm³/mol. The van der Waals surface area contributed by atoms with Gasteiger partial charge in [0.05, 0.1) is 0 Å². The van der Waals surface area contributed by atoms with Gasteiger partial charge in [-0.2, -0.15) is 11.8 Å². The Bertz CT molecular complexity index is 343. The van der Waals surface area contributed by atoms with Crippen LogP contribution in [-0.4, -0.2) is 28.0 Å². The maximum absolute atomic E-state index is 5.78. The van der Waals surface area contributed by atoms with Crippen molar-refractivity contribution in [2.24, 2.45) is 0 Å². The van der Waals surface area contributed by atoms with E-state index in [-0.39, 0.29) is 0 Å². The second-order valence-corrected chi connectivity index (χ2v) is 4.96. The molecule has 0 radical (unpaired) electrons. The Hall–Kier alpha value is -0.970. The topological polar surface area (TPSA) is 63.8 Å². The molecule has 0 aliphatic heterocycles. The van der Waals surface area contributed by atoms with Gasteiger partial charge in [-0.05, 0) is 19.1 Å². The Morgan fingerprint density at radius 3 is 2.76 bits per heavy atom. The second kappa shape index (κ2) is 7.37. The molecule has 0 aliphatic carbocycles. The number of nitrogens with zero attached hydrogens (tertiary/aromatic N) is 2. The number of nitrogens with two attached hydrogens (primary N) is 1. The number of hydrogen-bond acceptors (Lipinski definition) is 5. The van der Waals surface area contributed by atoms with Crippen molar-refractivity contribution >= 4 is 23.4 Å². The number of nitrogens with one attached hydrogen (secondary N) is 1. The largest absolute Gasteiger partial charge is 0.384 e. The fourth-order valence-corrected chi connectivity index (χ4v) is 2.32. The van der Waals surface area contributed by atoms with Gasteiger partial charge >= 0.3 is 0 Å². The molecule has 0 bridgehead atoms. The highest BCUT2D eigenvalue weighted by Crippen LogP contribution is 2.13. The molecule has 0 saturated carbocycles. The summed E-state index contributed by atoms with van der Waals surface area (Å²) in [5.74, 6) is 3.30. The highest BCUT2D eigenvalue weighted by Gasteiger charge is 2.08. The average molecular weight is 254 g/mol. The molecule has 0 fully saturated rings. The van der Waals surface area contributed by atoms with Crippen molar-refractivity contribution in [3.8, 4) is 0 Å². The van der Waals surface area contributed by atoms with Gasteiger partial charge in [0.2, 0.25) is 0 Å². The van der Waals surface area contributed by atoms with Gasteiger partial charge in [0.1, 0.15) is 17.5 Å². The van der Waals surface area contributed by atoms with E-state index in [1.54, 1.807) is 0 Å². The Morgan fingerprint density at radius 1 is 1.41 bits per heavy atom. The summed E-state index contributed by atoms with van der Waals surface area (Å²) >= 11 is 1.84. The van der Waals surface area contributed by atoms with E-state index in [0.717, 1.165) is 36.7 Å². The monoisotopic (exact) mass is 254 g/mol. The number of aromatic nitrogens is 2. The lowest BCUT2D eigenvalue weighted by molar-refractivity contribution is 0.762. The van der Waals surface area contributed by atoms with Crippen LogP contribution in [0.2, 0.25) is 0 Å². The number of thioether (sulfide) groups is 1. The summed E-state index contributed by atoms with van der Waals surface area (Å²) in [6.07, 6.45) is 5.10. The zero-order chi connectivity index (χ0) is 12.7. The third-order valence-electron chi connectivity index (χ3n) is 2.48. The smallest absolute Gasteiger partial charge is 0.133 e. The zero-order valence-corrected chi connectivity index (χ0v) is 11.7. The molecule has 17 heavy (non-hydrogen) atoms. The van der Waals surface area contributed by atoms with Crippen molar-refractivity contribution in [2.75, 3.05) is 23.1 Å². The van der Waals surface area contributed by atoms with Gasteiger partial charge in [0.25, 0.3) is 0 Å². The van der Waals surface area contributed by atoms with Crippen LogP contribution < -0.4 is 11.1 Å². The lowest BCUT2D eigenvalue weighted by Crippen LogP contribution is -2.22. The van der Waals surface area contributed by atoms with E-state index in [9.17, 15) is 0 Å². The Kier molecular flexibility index (Phi) is 6.11. The molecule has 1 atom stereocenters. The number of rotatable bonds is 7. The number of nitrogen functional groups attached to an aromatic ring is 1. The van der Waals surface area contributed by atoms with Crippen molar-refractivity contribution < 1.29 is 0 Å². The first-order valence-corrected chi connectivity index (χ1v) is 7.47. The van der Waals surface area contributed by atoms with Gasteiger partial charge < -0.3 is 11.1 Å². The fraction of sp³-hybridized carbons (Fsp3) is 0.667. The molecule has 1 heterocycles. The zero-order valence-electron chi connectivity index (χ0n) is 10.9. The summed E-state index contributed by atoms with van der Waals surface area (Å²) in [4.78, 5) is 8.71. The quantitative estimate of drug-likeness (QED) is 0.783. The number of anilines is 2. The Morgan fingerprint density at radius 2 is 2.18 bits per heavy atom. The van der Waals surface area contributed by atoms with E-state index in [4.69, 9.17) is 5.73 Å². The summed E-state index contributed by atoms with van der Waals surface area (Å²) in [7, 11) is 0. The summed E-state index contributed by atoms with van der Waals surface area (Å²) in [6, 6.07) is 2.25. The molecule has 0 aromatic carbocycles. The van der Waals surface area contributed by atoms with Crippen molar-refractivity contribution in [3.63, 3.8) is 0 Å². The van der Waals surface area contributed by atoms with Gasteiger partial charge in [-0.1, -0.05) is 13.8 Å². The summed E-state index contributed by atoms with van der Waals surface area (Å²) in [5.41, 5.74) is 5.78. The molecular weight excluding hydrogens is 232 g/mol. The third-order valence-corrected chi connectivity index (χ3v) is 3.21. The maximum atomic E-state index is 5.78. The first-order valence-electron chi connectivity index (χ1n) is 6.08. The van der Waals surface area contributed by atoms with Crippen molar-refractivity contribution in [1.29, 1.82) is 0 Å². The molecule has 1 aromatic rings. The second-order valence-electron chi connectivity index (χ2n) is 4.05. The van der Waals surface area contributed by atoms with Gasteiger partial charge in [-0.15, -0.1) is 0 Å². The first-order chi connectivity index (χ1) is 8.19. The van der Waals surface area contributed by atoms with Crippen LogP contribution in [0.1, 0.15) is 32.5 Å². The van der Waals surface area contributed by atoms with Crippen molar-refractivity contribution in [3.05, 3.63) is 11.9 Å². The van der Waals surface area contributed by atoms with Gasteiger partial charge in [0, 0.05) is 24.3 Å². The Labute approximate surface area is 108 Å². The standard InChI is InChI=1S/C12H22N4S/c1-4-6-11-15-10(13)7-12(16-11)14-9(5-2)8-17-3/h7,9H,4-6,8H2,1-3H3,(H3,13,14,15,16). The van der Waals surface area contributed by atoms with Crippen LogP contribution in [-0.2, 0) is 6.42 Å². The number of aryl methyl sites for hydroxylation is 1. The molecule has 5 heteroatoms. The predicted octanol–water partition coefficient (Wildman–Crippen LogP) is 2.56. The molecule has 3 N–H and O–H groups in total. The van der Waals surface area contributed by atoms with Crippen LogP contribution in [0.4, 0.5) is 11.6 Å². The van der Waals surface area contributed by atoms with Crippen LogP contribution in [0.3, 0.4) is 0 Å².